The first-order valence-corrected chi connectivity index (χ1v) is 7.21. The monoisotopic (exact) mass is 315 g/mol. The topological polar surface area (TPSA) is 88.7 Å². The van der Waals surface area contributed by atoms with E-state index in [-0.39, 0.29) is 0 Å². The molecule has 0 bridgehead atoms. The highest BCUT2D eigenvalue weighted by atomic mass is 16.5. The van der Waals surface area contributed by atoms with Gasteiger partial charge in [0.25, 0.3) is 0 Å². The number of rotatable bonds is 3. The van der Waals surface area contributed by atoms with Gasteiger partial charge in [0.1, 0.15) is 17.3 Å². The molecule has 0 aliphatic heterocycles. The summed E-state index contributed by atoms with van der Waals surface area (Å²) in [7, 11) is 0. The lowest BCUT2D eigenvalue weighted by atomic mass is 10.0. The zero-order chi connectivity index (χ0) is 17.2. The summed E-state index contributed by atoms with van der Waals surface area (Å²) in [4.78, 5) is 16.9. The number of carboxylic acid groups (broad SMARTS) is 1. The van der Waals surface area contributed by atoms with Crippen LogP contribution in [-0.2, 0) is 0 Å². The first kappa shape index (κ1) is 16.6. The zero-order valence-corrected chi connectivity index (χ0v) is 13.7. The van der Waals surface area contributed by atoms with Crippen LogP contribution in [-0.4, -0.2) is 21.7 Å². The fourth-order valence-electron chi connectivity index (χ4n) is 2.20. The molecule has 0 atom stereocenters. The van der Waals surface area contributed by atoms with E-state index >= 15 is 0 Å². The highest BCUT2D eigenvalue weighted by molar-refractivity contribution is 5.88. The Labute approximate surface area is 135 Å². The molecule has 1 aromatic carbocycles. The largest absolute Gasteiger partial charge is 0.465 e. The van der Waals surface area contributed by atoms with Crippen LogP contribution < -0.4 is 15.4 Å². The van der Waals surface area contributed by atoms with Crippen LogP contribution in [0.25, 0.3) is 0 Å². The molecule has 23 heavy (non-hydrogen) atoms. The van der Waals surface area contributed by atoms with Crippen molar-refractivity contribution >= 4 is 17.6 Å². The van der Waals surface area contributed by atoms with Crippen molar-refractivity contribution in [3.63, 3.8) is 0 Å². The Bertz CT molecular complexity index is 706. The molecule has 6 nitrogen and oxygen atoms in total. The van der Waals surface area contributed by atoms with Gasteiger partial charge in [-0.2, -0.15) is 0 Å². The normalized spacial score (nSPS) is 11.1. The van der Waals surface area contributed by atoms with E-state index in [4.69, 9.17) is 10.5 Å². The molecule has 122 valence electrons. The Morgan fingerprint density at radius 1 is 1.26 bits per heavy atom. The minimum Gasteiger partial charge on any atom is -0.465 e. The van der Waals surface area contributed by atoms with Crippen molar-refractivity contribution in [2.75, 3.05) is 10.6 Å². The molecule has 0 saturated heterocycles. The molecule has 0 aliphatic carbocycles. The molecule has 1 heterocycles. The van der Waals surface area contributed by atoms with Gasteiger partial charge in [0.15, 0.2) is 0 Å². The minimum absolute atomic E-state index is 0.410. The van der Waals surface area contributed by atoms with Crippen molar-refractivity contribution in [1.82, 2.24) is 4.98 Å². The van der Waals surface area contributed by atoms with Crippen LogP contribution in [0.1, 0.15) is 26.3 Å². The second kappa shape index (κ2) is 6.16. The van der Waals surface area contributed by atoms with Crippen molar-refractivity contribution in [2.24, 2.45) is 0 Å². The fourth-order valence-corrected chi connectivity index (χ4v) is 2.20. The Balaban J connectivity index is 2.38. The smallest absolute Gasteiger partial charge is 0.412 e. The van der Waals surface area contributed by atoms with E-state index in [0.717, 1.165) is 5.56 Å². The molecule has 0 radical (unpaired) electrons. The number of aryl methyl sites for hydroxylation is 1. The van der Waals surface area contributed by atoms with Gasteiger partial charge in [0.2, 0.25) is 0 Å². The summed E-state index contributed by atoms with van der Waals surface area (Å²) in [5.74, 6) is 1.52. The maximum Gasteiger partial charge on any atom is 0.412 e. The molecule has 2 rings (SSSR count). The lowest BCUT2D eigenvalue weighted by Crippen LogP contribution is -2.45. The molecule has 0 fully saturated rings. The van der Waals surface area contributed by atoms with Gasteiger partial charge in [-0.3, -0.25) is 4.90 Å². The number of nitrogen functional groups attached to an aromatic ring is 1. The number of anilines is 2. The second-order valence-corrected chi connectivity index (χ2v) is 6.26. The number of carbonyl (C=O) groups is 1. The summed E-state index contributed by atoms with van der Waals surface area (Å²) in [6, 6.07) is 8.67. The number of nitrogens with two attached hydrogens (primary N) is 1. The van der Waals surface area contributed by atoms with Gasteiger partial charge >= 0.3 is 6.09 Å². The predicted octanol–water partition coefficient (Wildman–Crippen LogP) is 4.05. The molecule has 1 amide bonds. The molecule has 3 N–H and O–H groups in total. The van der Waals surface area contributed by atoms with Crippen LogP contribution >= 0.6 is 0 Å². The van der Waals surface area contributed by atoms with Crippen molar-refractivity contribution < 1.29 is 14.6 Å². The van der Waals surface area contributed by atoms with Crippen LogP contribution in [0, 0.1) is 6.92 Å². The van der Waals surface area contributed by atoms with Gasteiger partial charge in [-0.1, -0.05) is 6.07 Å². The van der Waals surface area contributed by atoms with E-state index in [2.05, 4.69) is 4.98 Å². The quantitative estimate of drug-likeness (QED) is 0.892. The highest BCUT2D eigenvalue weighted by Crippen LogP contribution is 2.32. The predicted molar refractivity (Wildman–Crippen MR) is 90.2 cm³/mol. The Morgan fingerprint density at radius 2 is 1.96 bits per heavy atom. The van der Waals surface area contributed by atoms with Crippen molar-refractivity contribution in [2.45, 2.75) is 33.2 Å². The summed E-state index contributed by atoms with van der Waals surface area (Å²) in [6.07, 6.45) is 0.515. The third-order valence-corrected chi connectivity index (χ3v) is 3.28. The van der Waals surface area contributed by atoms with E-state index in [0.29, 0.717) is 23.0 Å². The van der Waals surface area contributed by atoms with Crippen molar-refractivity contribution in [3.05, 3.63) is 42.1 Å². The van der Waals surface area contributed by atoms with Gasteiger partial charge in [-0.05, 0) is 51.5 Å². The molecular formula is C17H21N3O3. The number of hydrogen-bond acceptors (Lipinski definition) is 4. The van der Waals surface area contributed by atoms with Crippen molar-refractivity contribution in [1.29, 1.82) is 0 Å². The summed E-state index contributed by atoms with van der Waals surface area (Å²) in [5.41, 5.74) is 6.43. The third-order valence-electron chi connectivity index (χ3n) is 3.28. The van der Waals surface area contributed by atoms with E-state index < -0.39 is 11.6 Å². The molecule has 2 aromatic rings. The number of ether oxygens (including phenoxy) is 1. The standard InChI is InChI=1S/C17H21N3O3/c1-11-5-6-12(20(16(21)22)17(2,3)4)9-14(11)23-13-7-8-15(18)19-10-13/h5-10H,1-4H3,(H2,18,19)(H,21,22). The lowest BCUT2D eigenvalue weighted by molar-refractivity contribution is 0.195. The Morgan fingerprint density at radius 3 is 2.48 bits per heavy atom. The van der Waals surface area contributed by atoms with E-state index in [1.54, 1.807) is 24.3 Å². The molecule has 0 spiro atoms. The fraction of sp³-hybridized carbons (Fsp3) is 0.294. The number of hydrogen-bond donors (Lipinski definition) is 2. The molecular weight excluding hydrogens is 294 g/mol. The summed E-state index contributed by atoms with van der Waals surface area (Å²) in [6.45, 7) is 7.41. The van der Waals surface area contributed by atoms with Gasteiger partial charge in [-0.25, -0.2) is 9.78 Å². The number of benzene rings is 1. The van der Waals surface area contributed by atoms with Crippen LogP contribution in [0.5, 0.6) is 11.5 Å². The van der Waals surface area contributed by atoms with Crippen LogP contribution in [0.4, 0.5) is 16.3 Å². The van der Waals surface area contributed by atoms with E-state index in [9.17, 15) is 9.90 Å². The zero-order valence-electron chi connectivity index (χ0n) is 13.7. The maximum absolute atomic E-state index is 11.6. The summed E-state index contributed by atoms with van der Waals surface area (Å²) >= 11 is 0. The first-order valence-electron chi connectivity index (χ1n) is 7.21. The molecule has 6 heteroatoms. The molecule has 0 unspecified atom stereocenters. The summed E-state index contributed by atoms with van der Waals surface area (Å²) in [5, 5.41) is 9.50. The minimum atomic E-state index is -1.01. The Kier molecular flexibility index (Phi) is 4.45. The third kappa shape index (κ3) is 3.91. The number of pyridine rings is 1. The average Bonchev–Trinajstić information content (AvgIpc) is 2.43. The SMILES string of the molecule is Cc1ccc(N(C(=O)O)C(C)(C)C)cc1Oc1ccc(N)nc1. The van der Waals surface area contributed by atoms with Crippen molar-refractivity contribution in [3.8, 4) is 11.5 Å². The Hall–Kier alpha value is -2.76. The van der Waals surface area contributed by atoms with E-state index in [1.807, 2.05) is 33.8 Å². The van der Waals surface area contributed by atoms with Crippen LogP contribution in [0.2, 0.25) is 0 Å². The number of amides is 1. The molecule has 1 aromatic heterocycles. The van der Waals surface area contributed by atoms with Crippen LogP contribution in [0.15, 0.2) is 36.5 Å². The molecule has 0 saturated carbocycles. The van der Waals surface area contributed by atoms with E-state index in [1.165, 1.54) is 11.1 Å². The van der Waals surface area contributed by atoms with Crippen LogP contribution in [0.3, 0.4) is 0 Å². The van der Waals surface area contributed by atoms with Gasteiger partial charge in [-0.15, -0.1) is 0 Å². The maximum atomic E-state index is 11.6. The molecule has 0 aliphatic rings. The number of aromatic nitrogens is 1. The lowest BCUT2D eigenvalue weighted by Gasteiger charge is -2.33. The highest BCUT2D eigenvalue weighted by Gasteiger charge is 2.28. The van der Waals surface area contributed by atoms with Gasteiger partial charge < -0.3 is 15.6 Å². The second-order valence-electron chi connectivity index (χ2n) is 6.26. The van der Waals surface area contributed by atoms with Gasteiger partial charge in [0.05, 0.1) is 11.9 Å². The average molecular weight is 315 g/mol. The summed E-state index contributed by atoms with van der Waals surface area (Å²) < 4.78 is 5.81. The van der Waals surface area contributed by atoms with Gasteiger partial charge in [0, 0.05) is 11.6 Å². The first-order chi connectivity index (χ1) is 10.7. The number of nitrogens with zero attached hydrogens (tertiary/aromatic N) is 2.